The highest BCUT2D eigenvalue weighted by Gasteiger charge is 2.23. The summed E-state index contributed by atoms with van der Waals surface area (Å²) >= 11 is 1.39. The second-order valence-corrected chi connectivity index (χ2v) is 6.06. The van der Waals surface area contributed by atoms with Crippen LogP contribution in [0, 0.1) is 13.8 Å². The van der Waals surface area contributed by atoms with Crippen molar-refractivity contribution in [2.24, 2.45) is 0 Å². The van der Waals surface area contributed by atoms with Crippen molar-refractivity contribution < 1.29 is 9.53 Å². The molecule has 0 radical (unpaired) electrons. The molecule has 0 N–H and O–H groups in total. The molecule has 0 spiro atoms. The van der Waals surface area contributed by atoms with Crippen LogP contribution in [0.5, 0.6) is 0 Å². The summed E-state index contributed by atoms with van der Waals surface area (Å²) in [5.74, 6) is 0.597. The summed E-state index contributed by atoms with van der Waals surface area (Å²) in [6.45, 7) is 5.93. The summed E-state index contributed by atoms with van der Waals surface area (Å²) in [6, 6.07) is 1.88. The van der Waals surface area contributed by atoms with Crippen LogP contribution in [-0.4, -0.2) is 37.9 Å². The van der Waals surface area contributed by atoms with Crippen LogP contribution in [0.15, 0.2) is 11.2 Å². The zero-order chi connectivity index (χ0) is 15.4. The van der Waals surface area contributed by atoms with E-state index in [1.165, 1.54) is 18.9 Å². The number of rotatable bonds is 6. The summed E-state index contributed by atoms with van der Waals surface area (Å²) in [7, 11) is 1.42. The molecule has 0 aromatic carbocycles. The highest BCUT2D eigenvalue weighted by atomic mass is 32.2. The van der Waals surface area contributed by atoms with Gasteiger partial charge in [0.05, 0.1) is 7.11 Å². The third-order valence-corrected chi connectivity index (χ3v) is 4.38. The van der Waals surface area contributed by atoms with E-state index >= 15 is 0 Å². The Morgan fingerprint density at radius 2 is 2.19 bits per heavy atom. The molecule has 0 fully saturated rings. The number of carbonyl (C=O) groups is 1. The number of hydrogen-bond acceptors (Lipinski definition) is 6. The van der Waals surface area contributed by atoms with Gasteiger partial charge in [0.25, 0.3) is 0 Å². The average Bonchev–Trinajstić information content (AvgIpc) is 2.85. The van der Waals surface area contributed by atoms with Crippen LogP contribution in [0.25, 0.3) is 5.65 Å². The molecule has 2 rings (SSSR count). The minimum Gasteiger partial charge on any atom is -0.468 e. The van der Waals surface area contributed by atoms with Gasteiger partial charge < -0.3 is 4.74 Å². The number of unbranched alkanes of at least 4 members (excludes halogenated alkanes) is 1. The summed E-state index contributed by atoms with van der Waals surface area (Å²) in [5.41, 5.74) is 1.65. The van der Waals surface area contributed by atoms with E-state index in [-0.39, 0.29) is 11.2 Å². The third-order valence-electron chi connectivity index (χ3n) is 3.19. The Labute approximate surface area is 128 Å². The first kappa shape index (κ1) is 15.8. The van der Waals surface area contributed by atoms with Crippen LogP contribution in [-0.2, 0) is 9.53 Å². The van der Waals surface area contributed by atoms with Gasteiger partial charge in [0.15, 0.2) is 10.8 Å². The molecule has 0 aliphatic rings. The zero-order valence-electron chi connectivity index (χ0n) is 12.8. The van der Waals surface area contributed by atoms with Gasteiger partial charge in [-0.05, 0) is 20.3 Å². The van der Waals surface area contributed by atoms with Crippen molar-refractivity contribution in [1.29, 1.82) is 0 Å². The molecule has 2 aromatic rings. The van der Waals surface area contributed by atoms with Crippen molar-refractivity contribution in [1.82, 2.24) is 19.6 Å². The van der Waals surface area contributed by atoms with E-state index in [0.717, 1.165) is 36.4 Å². The lowest BCUT2D eigenvalue weighted by Gasteiger charge is -2.13. The van der Waals surface area contributed by atoms with Crippen LogP contribution in [0.2, 0.25) is 0 Å². The van der Waals surface area contributed by atoms with Crippen molar-refractivity contribution in [2.45, 2.75) is 50.4 Å². The molecule has 21 heavy (non-hydrogen) atoms. The maximum absolute atomic E-state index is 11.9. The molecular formula is C14H20N4O2S. The Balaban J connectivity index is 2.30. The molecule has 0 unspecified atom stereocenters. The van der Waals surface area contributed by atoms with Crippen LogP contribution in [0.3, 0.4) is 0 Å². The number of aryl methyl sites for hydroxylation is 2. The summed E-state index contributed by atoms with van der Waals surface area (Å²) < 4.78 is 6.76. The molecule has 7 heteroatoms. The van der Waals surface area contributed by atoms with Crippen molar-refractivity contribution in [3.8, 4) is 0 Å². The van der Waals surface area contributed by atoms with E-state index in [9.17, 15) is 4.79 Å². The number of nitrogens with zero attached hydrogens (tertiary/aromatic N) is 4. The molecule has 0 saturated heterocycles. The molecule has 0 aliphatic heterocycles. The van der Waals surface area contributed by atoms with Crippen LogP contribution in [0.1, 0.15) is 37.7 Å². The zero-order valence-corrected chi connectivity index (χ0v) is 13.6. The number of aromatic nitrogens is 4. The van der Waals surface area contributed by atoms with Crippen molar-refractivity contribution in [3.05, 3.63) is 17.6 Å². The van der Waals surface area contributed by atoms with Gasteiger partial charge in [0.2, 0.25) is 0 Å². The average molecular weight is 308 g/mol. The Hall–Kier alpha value is -1.63. The summed E-state index contributed by atoms with van der Waals surface area (Å²) in [4.78, 5) is 16.3. The number of methoxy groups -OCH3 is 1. The fraction of sp³-hybridized carbons (Fsp3) is 0.571. The van der Waals surface area contributed by atoms with Gasteiger partial charge in [0.1, 0.15) is 11.1 Å². The minimum atomic E-state index is -0.261. The molecule has 6 nitrogen and oxygen atoms in total. The van der Waals surface area contributed by atoms with Crippen molar-refractivity contribution >= 4 is 23.4 Å². The number of fused-ring (bicyclic) bond motifs is 1. The SMILES string of the molecule is CCCC[C@@H](Sc1nnc2cc(C)nc(C)n12)C(=O)OC. The Kier molecular flexibility index (Phi) is 5.17. The molecule has 0 bridgehead atoms. The van der Waals surface area contributed by atoms with E-state index in [1.54, 1.807) is 0 Å². The first-order valence-corrected chi connectivity index (χ1v) is 7.88. The van der Waals surface area contributed by atoms with Gasteiger partial charge in [0, 0.05) is 11.8 Å². The number of thioether (sulfide) groups is 1. The molecule has 2 heterocycles. The van der Waals surface area contributed by atoms with Gasteiger partial charge in [-0.15, -0.1) is 10.2 Å². The van der Waals surface area contributed by atoms with E-state index < -0.39 is 0 Å². The molecule has 0 saturated carbocycles. The van der Waals surface area contributed by atoms with Crippen molar-refractivity contribution in [2.75, 3.05) is 7.11 Å². The van der Waals surface area contributed by atoms with Gasteiger partial charge in [-0.3, -0.25) is 9.20 Å². The van der Waals surface area contributed by atoms with Gasteiger partial charge in [-0.25, -0.2) is 4.98 Å². The van der Waals surface area contributed by atoms with Crippen LogP contribution >= 0.6 is 11.8 Å². The maximum atomic E-state index is 11.9. The predicted octanol–water partition coefficient (Wildman–Crippen LogP) is 2.57. The normalized spacial score (nSPS) is 12.6. The Morgan fingerprint density at radius 3 is 2.86 bits per heavy atom. The number of hydrogen-bond donors (Lipinski definition) is 0. The molecule has 0 amide bonds. The van der Waals surface area contributed by atoms with E-state index in [0.29, 0.717) is 5.16 Å². The first-order valence-electron chi connectivity index (χ1n) is 7.00. The van der Waals surface area contributed by atoms with E-state index in [4.69, 9.17) is 4.74 Å². The summed E-state index contributed by atoms with van der Waals surface area (Å²) in [5, 5.41) is 8.77. The standard InChI is InChI=1S/C14H20N4O2S/c1-5-6-7-11(13(19)20-4)21-14-17-16-12-8-9(2)15-10(3)18(12)14/h8,11H,5-7H2,1-4H3/t11-/m1/s1. The largest absolute Gasteiger partial charge is 0.468 e. The first-order chi connectivity index (χ1) is 10.1. The Morgan fingerprint density at radius 1 is 1.43 bits per heavy atom. The van der Waals surface area contributed by atoms with Gasteiger partial charge in [-0.2, -0.15) is 0 Å². The van der Waals surface area contributed by atoms with Crippen LogP contribution in [0.4, 0.5) is 0 Å². The fourth-order valence-electron chi connectivity index (χ4n) is 2.15. The maximum Gasteiger partial charge on any atom is 0.319 e. The lowest BCUT2D eigenvalue weighted by atomic mass is 10.2. The van der Waals surface area contributed by atoms with Crippen LogP contribution < -0.4 is 0 Å². The molecule has 114 valence electrons. The quantitative estimate of drug-likeness (QED) is 0.603. The highest BCUT2D eigenvalue weighted by Crippen LogP contribution is 2.27. The second kappa shape index (κ2) is 6.89. The number of carbonyl (C=O) groups excluding carboxylic acids is 1. The van der Waals surface area contributed by atoms with Crippen molar-refractivity contribution in [3.63, 3.8) is 0 Å². The van der Waals surface area contributed by atoms with E-state index in [1.807, 2.05) is 24.3 Å². The third kappa shape index (κ3) is 3.53. The summed E-state index contributed by atoms with van der Waals surface area (Å²) in [6.07, 6.45) is 2.77. The lowest BCUT2D eigenvalue weighted by Crippen LogP contribution is -2.19. The molecule has 0 aliphatic carbocycles. The lowest BCUT2D eigenvalue weighted by molar-refractivity contribution is -0.140. The van der Waals surface area contributed by atoms with Gasteiger partial charge >= 0.3 is 5.97 Å². The topological polar surface area (TPSA) is 69.4 Å². The monoisotopic (exact) mass is 308 g/mol. The molecular weight excluding hydrogens is 288 g/mol. The number of ether oxygens (including phenoxy) is 1. The highest BCUT2D eigenvalue weighted by molar-refractivity contribution is 8.00. The smallest absolute Gasteiger partial charge is 0.319 e. The Bertz CT molecular complexity index is 641. The second-order valence-electron chi connectivity index (χ2n) is 4.89. The predicted molar refractivity (Wildman–Crippen MR) is 81.4 cm³/mol. The fourth-order valence-corrected chi connectivity index (χ4v) is 3.30. The van der Waals surface area contributed by atoms with Gasteiger partial charge in [-0.1, -0.05) is 31.5 Å². The minimum absolute atomic E-state index is 0.220. The number of esters is 1. The molecule has 1 atom stereocenters. The molecule has 2 aromatic heterocycles. The van der Waals surface area contributed by atoms with E-state index in [2.05, 4.69) is 22.1 Å².